The fourth-order valence-corrected chi connectivity index (χ4v) is 2.93. The van der Waals surface area contributed by atoms with Crippen molar-refractivity contribution in [3.63, 3.8) is 0 Å². The minimum absolute atomic E-state index is 0.0680. The predicted octanol–water partition coefficient (Wildman–Crippen LogP) is 3.51. The van der Waals surface area contributed by atoms with E-state index in [1.807, 2.05) is 66.9 Å². The van der Waals surface area contributed by atoms with E-state index in [1.54, 1.807) is 0 Å². The molecule has 0 saturated carbocycles. The number of nitrogens with one attached hydrogen (secondary N) is 2. The van der Waals surface area contributed by atoms with Gasteiger partial charge in [0.25, 0.3) is 0 Å². The molecule has 0 fully saturated rings. The molecular formula is C19H20N4OS. The highest BCUT2D eigenvalue weighted by atomic mass is 32.1. The Kier molecular flexibility index (Phi) is 5.42. The van der Waals surface area contributed by atoms with E-state index in [9.17, 15) is 4.79 Å². The van der Waals surface area contributed by atoms with E-state index in [2.05, 4.69) is 15.6 Å². The second-order valence-corrected chi connectivity index (χ2v) is 6.62. The quantitative estimate of drug-likeness (QED) is 0.634. The van der Waals surface area contributed by atoms with Crippen molar-refractivity contribution in [3.05, 3.63) is 65.5 Å². The fraction of sp³-hybridized carbons (Fsp3) is 0.158. The van der Waals surface area contributed by atoms with Crippen molar-refractivity contribution in [2.24, 2.45) is 0 Å². The highest BCUT2D eigenvalue weighted by Gasteiger charge is 2.12. The van der Waals surface area contributed by atoms with Crippen LogP contribution >= 0.6 is 11.3 Å². The predicted molar refractivity (Wildman–Crippen MR) is 103 cm³/mol. The molecule has 128 valence electrons. The molecule has 3 aromatic rings. The molecule has 0 aliphatic carbocycles. The van der Waals surface area contributed by atoms with Gasteiger partial charge in [-0.05, 0) is 24.6 Å². The average molecular weight is 352 g/mol. The maximum absolute atomic E-state index is 12.3. The Morgan fingerprint density at radius 1 is 1.16 bits per heavy atom. The third-order valence-electron chi connectivity index (χ3n) is 3.82. The van der Waals surface area contributed by atoms with Gasteiger partial charge in [0, 0.05) is 23.2 Å². The summed E-state index contributed by atoms with van der Waals surface area (Å²) in [6.45, 7) is 2.50. The summed E-state index contributed by atoms with van der Waals surface area (Å²) in [6, 6.07) is 17.3. The molecule has 0 radical (unpaired) electrons. The molecule has 5 nitrogen and oxygen atoms in total. The Morgan fingerprint density at radius 3 is 2.52 bits per heavy atom. The molecule has 1 atom stereocenters. The van der Waals surface area contributed by atoms with Crippen molar-refractivity contribution in [1.29, 1.82) is 0 Å². The third-order valence-corrected chi connectivity index (χ3v) is 4.49. The monoisotopic (exact) mass is 352 g/mol. The van der Waals surface area contributed by atoms with E-state index in [-0.39, 0.29) is 11.9 Å². The lowest BCUT2D eigenvalue weighted by molar-refractivity contribution is -0.117. The van der Waals surface area contributed by atoms with Gasteiger partial charge in [-0.1, -0.05) is 42.5 Å². The molecule has 0 aliphatic heterocycles. The molecule has 0 unspecified atom stereocenters. The Balaban J connectivity index is 1.55. The van der Waals surface area contributed by atoms with Crippen LogP contribution in [0.15, 0.2) is 60.0 Å². The van der Waals surface area contributed by atoms with Crippen LogP contribution in [0.5, 0.6) is 0 Å². The maximum atomic E-state index is 12.3. The zero-order chi connectivity index (χ0) is 17.6. The van der Waals surface area contributed by atoms with Gasteiger partial charge in [0.2, 0.25) is 5.91 Å². The lowest BCUT2D eigenvalue weighted by atomic mass is 10.1. The number of hydrogen-bond acceptors (Lipinski definition) is 5. The van der Waals surface area contributed by atoms with E-state index >= 15 is 0 Å². The van der Waals surface area contributed by atoms with Gasteiger partial charge >= 0.3 is 0 Å². The van der Waals surface area contributed by atoms with Crippen LogP contribution in [0, 0.1) is 0 Å². The van der Waals surface area contributed by atoms with Gasteiger partial charge in [-0.15, -0.1) is 11.3 Å². The minimum Gasteiger partial charge on any atom is -0.375 e. The normalized spacial score (nSPS) is 11.9. The van der Waals surface area contributed by atoms with E-state index in [0.29, 0.717) is 11.7 Å². The zero-order valence-corrected chi connectivity index (χ0v) is 14.7. The number of carbonyl (C=O) groups excluding carboxylic acids is 1. The number of nitrogens with zero attached hydrogens (tertiary/aromatic N) is 1. The molecule has 0 aliphatic rings. The number of carbonyl (C=O) groups is 1. The number of rotatable bonds is 6. The van der Waals surface area contributed by atoms with E-state index in [1.165, 1.54) is 11.3 Å². The summed E-state index contributed by atoms with van der Waals surface area (Å²) < 4.78 is 0. The summed E-state index contributed by atoms with van der Waals surface area (Å²) >= 11 is 1.41. The molecule has 0 spiro atoms. The summed E-state index contributed by atoms with van der Waals surface area (Å²) in [5, 5.41) is 8.60. The van der Waals surface area contributed by atoms with Crippen molar-refractivity contribution in [3.8, 4) is 11.3 Å². The van der Waals surface area contributed by atoms with Crippen LogP contribution in [-0.4, -0.2) is 16.9 Å². The molecule has 1 heterocycles. The van der Waals surface area contributed by atoms with Gasteiger partial charge in [-0.25, -0.2) is 4.98 Å². The number of hydrogen-bond donors (Lipinski definition) is 3. The minimum atomic E-state index is -0.293. The van der Waals surface area contributed by atoms with Gasteiger partial charge < -0.3 is 16.4 Å². The molecular weight excluding hydrogens is 332 g/mol. The van der Waals surface area contributed by atoms with E-state index in [4.69, 9.17) is 5.73 Å². The number of aromatic nitrogens is 1. The van der Waals surface area contributed by atoms with Crippen molar-refractivity contribution < 1.29 is 4.79 Å². The molecule has 1 amide bonds. The number of nitrogens with two attached hydrogens (primary N) is 1. The van der Waals surface area contributed by atoms with Gasteiger partial charge in [0.05, 0.1) is 11.7 Å². The smallest absolute Gasteiger partial charge is 0.241 e. The Hall–Kier alpha value is -2.70. The molecule has 3 rings (SSSR count). The first-order valence-electron chi connectivity index (χ1n) is 8.01. The van der Waals surface area contributed by atoms with Crippen LogP contribution in [0.25, 0.3) is 11.3 Å². The van der Waals surface area contributed by atoms with Gasteiger partial charge in [-0.3, -0.25) is 4.79 Å². The van der Waals surface area contributed by atoms with Gasteiger partial charge in [0.15, 0.2) is 5.13 Å². The summed E-state index contributed by atoms with van der Waals surface area (Å²) in [4.78, 5) is 16.5. The second-order valence-electron chi connectivity index (χ2n) is 5.73. The van der Waals surface area contributed by atoms with Gasteiger partial charge in [0.1, 0.15) is 0 Å². The molecule has 25 heavy (non-hydrogen) atoms. The number of thiazole rings is 1. The first-order chi connectivity index (χ1) is 12.1. The molecule has 2 aromatic carbocycles. The van der Waals surface area contributed by atoms with Crippen molar-refractivity contribution in [1.82, 2.24) is 10.3 Å². The Labute approximate surface area is 150 Å². The molecule has 6 heteroatoms. The average Bonchev–Trinajstić information content (AvgIpc) is 3.07. The fourth-order valence-electron chi connectivity index (χ4n) is 2.35. The maximum Gasteiger partial charge on any atom is 0.241 e. The van der Waals surface area contributed by atoms with Crippen molar-refractivity contribution >= 4 is 28.1 Å². The summed E-state index contributed by atoms with van der Waals surface area (Å²) in [6.07, 6.45) is 0. The SMILES string of the molecule is C[C@@H](NCc1ccccc1)C(=O)Nc1ccc(-c2csc(N)n2)cc1. The van der Waals surface area contributed by atoms with Crippen LogP contribution in [0.2, 0.25) is 0 Å². The first kappa shape index (κ1) is 17.1. The largest absolute Gasteiger partial charge is 0.375 e. The number of benzene rings is 2. The van der Waals surface area contributed by atoms with Crippen LogP contribution in [0.4, 0.5) is 10.8 Å². The van der Waals surface area contributed by atoms with Gasteiger partial charge in [-0.2, -0.15) is 0 Å². The van der Waals surface area contributed by atoms with Crippen molar-refractivity contribution in [2.45, 2.75) is 19.5 Å². The standard InChI is InChI=1S/C19H20N4OS/c1-13(21-11-14-5-3-2-4-6-14)18(24)22-16-9-7-15(8-10-16)17-12-25-19(20)23-17/h2-10,12-13,21H,11H2,1H3,(H2,20,23)(H,22,24)/t13-/m1/s1. The third kappa shape index (κ3) is 4.65. The van der Waals surface area contributed by atoms with E-state index in [0.717, 1.165) is 22.5 Å². The highest BCUT2D eigenvalue weighted by Crippen LogP contribution is 2.24. The molecule has 0 bridgehead atoms. The van der Waals surface area contributed by atoms with Crippen LogP contribution in [0.3, 0.4) is 0 Å². The molecule has 1 aromatic heterocycles. The van der Waals surface area contributed by atoms with Crippen LogP contribution in [0.1, 0.15) is 12.5 Å². The highest BCUT2D eigenvalue weighted by molar-refractivity contribution is 7.13. The molecule has 0 saturated heterocycles. The Morgan fingerprint density at radius 2 is 1.88 bits per heavy atom. The topological polar surface area (TPSA) is 80.0 Å². The molecule has 4 N–H and O–H groups in total. The number of amides is 1. The summed E-state index contributed by atoms with van der Waals surface area (Å²) in [5.41, 5.74) is 9.38. The second kappa shape index (κ2) is 7.92. The van der Waals surface area contributed by atoms with Crippen LogP contribution in [-0.2, 0) is 11.3 Å². The van der Waals surface area contributed by atoms with Crippen molar-refractivity contribution in [2.75, 3.05) is 11.1 Å². The van der Waals surface area contributed by atoms with E-state index < -0.39 is 0 Å². The first-order valence-corrected chi connectivity index (χ1v) is 8.89. The Bertz CT molecular complexity index is 830. The zero-order valence-electron chi connectivity index (χ0n) is 13.9. The number of nitrogen functional groups attached to an aromatic ring is 1. The summed E-state index contributed by atoms with van der Waals surface area (Å²) in [5.74, 6) is -0.0680. The number of anilines is 2. The summed E-state index contributed by atoms with van der Waals surface area (Å²) in [7, 11) is 0. The van der Waals surface area contributed by atoms with Crippen LogP contribution < -0.4 is 16.4 Å². The lowest BCUT2D eigenvalue weighted by Gasteiger charge is -2.14. The lowest BCUT2D eigenvalue weighted by Crippen LogP contribution is -2.37.